The minimum atomic E-state index is -0.0410. The average molecular weight is 402 g/mol. The van der Waals surface area contributed by atoms with Gasteiger partial charge in [0, 0.05) is 19.2 Å². The highest BCUT2D eigenvalue weighted by Gasteiger charge is 2.32. The predicted octanol–water partition coefficient (Wildman–Crippen LogP) is 4.90. The van der Waals surface area contributed by atoms with Crippen molar-refractivity contribution in [2.24, 2.45) is 0 Å². The SMILES string of the molecule is Cc1cnc2nc(N3CCC[C@@H]3C(=O)CCc3ccccc3)sc2c1C.Cl. The molecule has 142 valence electrons. The number of aromatic nitrogens is 2. The van der Waals surface area contributed by atoms with Gasteiger partial charge in [0.2, 0.25) is 0 Å². The smallest absolute Gasteiger partial charge is 0.188 e. The van der Waals surface area contributed by atoms with Gasteiger partial charge in [0.1, 0.15) is 0 Å². The second-order valence-corrected chi connectivity index (χ2v) is 8.00. The molecule has 0 amide bonds. The number of pyridine rings is 1. The summed E-state index contributed by atoms with van der Waals surface area (Å²) >= 11 is 1.67. The maximum absolute atomic E-state index is 12.9. The molecule has 1 aliphatic rings. The molecule has 1 saturated heterocycles. The van der Waals surface area contributed by atoms with Crippen molar-refractivity contribution in [3.8, 4) is 0 Å². The zero-order valence-electron chi connectivity index (χ0n) is 15.6. The van der Waals surface area contributed by atoms with Crippen LogP contribution in [0.3, 0.4) is 0 Å². The normalized spacial score (nSPS) is 16.5. The molecule has 3 aromatic rings. The molecule has 4 rings (SSSR count). The lowest BCUT2D eigenvalue weighted by Gasteiger charge is -2.22. The highest BCUT2D eigenvalue weighted by molar-refractivity contribution is 7.22. The number of hydrogen-bond donors (Lipinski definition) is 0. The van der Waals surface area contributed by atoms with Crippen LogP contribution in [0.2, 0.25) is 0 Å². The van der Waals surface area contributed by atoms with Gasteiger partial charge in [-0.15, -0.1) is 12.4 Å². The molecule has 6 heteroatoms. The van der Waals surface area contributed by atoms with Gasteiger partial charge in [-0.25, -0.2) is 4.98 Å². The maximum Gasteiger partial charge on any atom is 0.188 e. The highest BCUT2D eigenvalue weighted by Crippen LogP contribution is 2.35. The number of thiazole rings is 1. The molecule has 1 aliphatic heterocycles. The summed E-state index contributed by atoms with van der Waals surface area (Å²) in [5.74, 6) is 0.325. The number of hydrogen-bond acceptors (Lipinski definition) is 5. The molecular formula is C21H24ClN3OS. The van der Waals surface area contributed by atoms with Crippen molar-refractivity contribution in [3.05, 3.63) is 53.2 Å². The Hall–Kier alpha value is -1.98. The van der Waals surface area contributed by atoms with Crippen molar-refractivity contribution in [1.82, 2.24) is 9.97 Å². The van der Waals surface area contributed by atoms with Crippen molar-refractivity contribution in [3.63, 3.8) is 0 Å². The lowest BCUT2D eigenvalue weighted by atomic mass is 10.0. The monoisotopic (exact) mass is 401 g/mol. The summed E-state index contributed by atoms with van der Waals surface area (Å²) in [6, 6.07) is 10.2. The van der Waals surface area contributed by atoms with Crippen LogP contribution in [0.4, 0.5) is 5.13 Å². The minimum Gasteiger partial charge on any atom is -0.338 e. The summed E-state index contributed by atoms with van der Waals surface area (Å²) in [5, 5.41) is 0.941. The number of carbonyl (C=O) groups is 1. The van der Waals surface area contributed by atoms with Gasteiger partial charge >= 0.3 is 0 Å². The first-order chi connectivity index (χ1) is 12.6. The van der Waals surface area contributed by atoms with Crippen molar-refractivity contribution in [2.45, 2.75) is 45.6 Å². The molecule has 3 heterocycles. The Bertz CT molecular complexity index is 941. The van der Waals surface area contributed by atoms with Crippen LogP contribution in [0.25, 0.3) is 10.3 Å². The first kappa shape index (κ1) is 19.8. The minimum absolute atomic E-state index is 0. The Morgan fingerprint density at radius 2 is 2.04 bits per heavy atom. The molecule has 0 spiro atoms. The number of Topliss-reactive ketones (excluding diaryl/α,β-unsaturated/α-hetero) is 1. The van der Waals surface area contributed by atoms with E-state index in [2.05, 4.69) is 35.9 Å². The molecule has 1 fully saturated rings. The Morgan fingerprint density at radius 1 is 1.26 bits per heavy atom. The quantitative estimate of drug-likeness (QED) is 0.610. The molecule has 1 atom stereocenters. The van der Waals surface area contributed by atoms with Gasteiger partial charge in [-0.05, 0) is 49.8 Å². The summed E-state index contributed by atoms with van der Waals surface area (Å²) in [6.07, 6.45) is 5.25. The van der Waals surface area contributed by atoms with Gasteiger partial charge in [-0.2, -0.15) is 4.98 Å². The van der Waals surface area contributed by atoms with Gasteiger partial charge < -0.3 is 4.90 Å². The third kappa shape index (κ3) is 3.99. The number of ketones is 1. The Kier molecular flexibility index (Phi) is 6.12. The van der Waals surface area contributed by atoms with E-state index in [0.29, 0.717) is 12.2 Å². The highest BCUT2D eigenvalue weighted by atomic mass is 35.5. The summed E-state index contributed by atoms with van der Waals surface area (Å²) in [7, 11) is 0. The van der Waals surface area contributed by atoms with Crippen LogP contribution in [0, 0.1) is 13.8 Å². The van der Waals surface area contributed by atoms with Crippen molar-refractivity contribution in [2.75, 3.05) is 11.4 Å². The van der Waals surface area contributed by atoms with Crippen LogP contribution in [-0.2, 0) is 11.2 Å². The lowest BCUT2D eigenvalue weighted by molar-refractivity contribution is -0.120. The lowest BCUT2D eigenvalue weighted by Crippen LogP contribution is -2.36. The second-order valence-electron chi connectivity index (χ2n) is 7.02. The number of nitrogens with zero attached hydrogens (tertiary/aromatic N) is 3. The third-order valence-electron chi connectivity index (χ3n) is 5.28. The molecule has 2 aromatic heterocycles. The topological polar surface area (TPSA) is 46.1 Å². The first-order valence-corrected chi connectivity index (χ1v) is 10.0. The number of aryl methyl sites for hydroxylation is 3. The fourth-order valence-corrected chi connectivity index (χ4v) is 4.75. The Labute approximate surface area is 170 Å². The van der Waals surface area contributed by atoms with Crippen molar-refractivity contribution < 1.29 is 4.79 Å². The molecular weight excluding hydrogens is 378 g/mol. The molecule has 27 heavy (non-hydrogen) atoms. The molecule has 0 aliphatic carbocycles. The Morgan fingerprint density at radius 3 is 2.81 bits per heavy atom. The van der Waals surface area contributed by atoms with E-state index >= 15 is 0 Å². The van der Waals surface area contributed by atoms with E-state index < -0.39 is 0 Å². The van der Waals surface area contributed by atoms with E-state index in [4.69, 9.17) is 4.98 Å². The summed E-state index contributed by atoms with van der Waals surface area (Å²) < 4.78 is 1.14. The average Bonchev–Trinajstić information content (AvgIpc) is 3.30. The van der Waals surface area contributed by atoms with Crippen LogP contribution < -0.4 is 4.90 Å². The number of benzene rings is 1. The van der Waals surface area contributed by atoms with Crippen LogP contribution in [0.5, 0.6) is 0 Å². The van der Waals surface area contributed by atoms with E-state index in [0.717, 1.165) is 41.3 Å². The number of anilines is 1. The number of carbonyl (C=O) groups excluding carboxylic acids is 1. The van der Waals surface area contributed by atoms with Crippen LogP contribution in [0.15, 0.2) is 36.5 Å². The van der Waals surface area contributed by atoms with Crippen LogP contribution in [-0.4, -0.2) is 28.3 Å². The molecule has 0 unspecified atom stereocenters. The van der Waals surface area contributed by atoms with Crippen molar-refractivity contribution in [1.29, 1.82) is 0 Å². The van der Waals surface area contributed by atoms with E-state index in [1.165, 1.54) is 16.7 Å². The van der Waals surface area contributed by atoms with Gasteiger partial charge in [-0.1, -0.05) is 41.7 Å². The Balaban J connectivity index is 0.00000210. The third-order valence-corrected chi connectivity index (χ3v) is 6.48. The van der Waals surface area contributed by atoms with Crippen LogP contribution >= 0.6 is 23.7 Å². The maximum atomic E-state index is 12.9. The van der Waals surface area contributed by atoms with Crippen LogP contribution in [0.1, 0.15) is 36.0 Å². The van der Waals surface area contributed by atoms with E-state index in [1.54, 1.807) is 11.3 Å². The van der Waals surface area contributed by atoms with Crippen molar-refractivity contribution >= 4 is 45.0 Å². The van der Waals surface area contributed by atoms with Gasteiger partial charge in [0.15, 0.2) is 16.6 Å². The number of rotatable bonds is 5. The largest absolute Gasteiger partial charge is 0.338 e. The molecule has 1 aromatic carbocycles. The van der Waals surface area contributed by atoms with Gasteiger partial charge in [-0.3, -0.25) is 4.79 Å². The molecule has 0 radical (unpaired) electrons. The summed E-state index contributed by atoms with van der Waals surface area (Å²) in [6.45, 7) is 5.10. The zero-order chi connectivity index (χ0) is 18.1. The zero-order valence-corrected chi connectivity index (χ0v) is 17.3. The first-order valence-electron chi connectivity index (χ1n) is 9.19. The number of fused-ring (bicyclic) bond motifs is 1. The molecule has 0 saturated carbocycles. The van der Waals surface area contributed by atoms with Gasteiger partial charge in [0.25, 0.3) is 0 Å². The second kappa shape index (κ2) is 8.36. The number of halogens is 1. The fraction of sp³-hybridized carbons (Fsp3) is 0.381. The predicted molar refractivity (Wildman–Crippen MR) is 114 cm³/mol. The van der Waals surface area contributed by atoms with E-state index in [9.17, 15) is 4.79 Å². The summed E-state index contributed by atoms with van der Waals surface area (Å²) in [5.41, 5.74) is 4.45. The molecule has 0 N–H and O–H groups in total. The van der Waals surface area contributed by atoms with E-state index in [1.807, 2.05) is 24.4 Å². The standard InChI is InChI=1S/C21H23N3OS.ClH/c1-14-13-22-20-19(15(14)2)26-21(23-20)24-12-6-9-17(24)18(25)11-10-16-7-4-3-5-8-16;/h3-5,7-8,13,17H,6,9-12H2,1-2H3;1H/t17-;/m1./s1. The summed E-state index contributed by atoms with van der Waals surface area (Å²) in [4.78, 5) is 24.3. The molecule has 4 nitrogen and oxygen atoms in total. The molecule has 0 bridgehead atoms. The van der Waals surface area contributed by atoms with E-state index in [-0.39, 0.29) is 18.4 Å². The fourth-order valence-electron chi connectivity index (χ4n) is 3.60. The van der Waals surface area contributed by atoms with Gasteiger partial charge in [0.05, 0.1) is 10.7 Å².